The van der Waals surface area contributed by atoms with Gasteiger partial charge in [0.05, 0.1) is 6.54 Å². The number of fused-ring (bicyclic) bond motifs is 1. The number of benzene rings is 1. The summed E-state index contributed by atoms with van der Waals surface area (Å²) in [6.45, 7) is 1.04. The van der Waals surface area contributed by atoms with Gasteiger partial charge in [0.2, 0.25) is 5.91 Å². The van der Waals surface area contributed by atoms with Gasteiger partial charge in [-0.05, 0) is 24.5 Å². The minimum atomic E-state index is 0.0727. The number of rotatable bonds is 2. The second-order valence-electron chi connectivity index (χ2n) is 4.45. The van der Waals surface area contributed by atoms with E-state index >= 15 is 0 Å². The summed E-state index contributed by atoms with van der Waals surface area (Å²) >= 11 is 0. The number of anilines is 1. The molecule has 0 saturated carbocycles. The second-order valence-corrected chi connectivity index (χ2v) is 4.45. The van der Waals surface area contributed by atoms with E-state index in [1.807, 2.05) is 23.1 Å². The van der Waals surface area contributed by atoms with E-state index in [1.165, 1.54) is 5.56 Å². The molecule has 0 bridgehead atoms. The van der Waals surface area contributed by atoms with Crippen LogP contribution in [0.5, 0.6) is 0 Å². The Balaban J connectivity index is 2.05. The Labute approximate surface area is 113 Å². The zero-order chi connectivity index (χ0) is 13.7. The van der Waals surface area contributed by atoms with Crippen LogP contribution < -0.4 is 15.5 Å². The van der Waals surface area contributed by atoms with Gasteiger partial charge in [-0.3, -0.25) is 9.79 Å². The lowest BCUT2D eigenvalue weighted by Crippen LogP contribution is -2.45. The molecule has 0 unspecified atom stereocenters. The fourth-order valence-corrected chi connectivity index (χ4v) is 2.33. The maximum Gasteiger partial charge on any atom is 0.246 e. The van der Waals surface area contributed by atoms with Gasteiger partial charge in [0.15, 0.2) is 5.96 Å². The highest BCUT2D eigenvalue weighted by molar-refractivity contribution is 5.97. The van der Waals surface area contributed by atoms with E-state index in [0.717, 1.165) is 25.1 Å². The van der Waals surface area contributed by atoms with Gasteiger partial charge in [-0.15, -0.1) is 0 Å². The van der Waals surface area contributed by atoms with Gasteiger partial charge in [0, 0.05) is 26.3 Å². The van der Waals surface area contributed by atoms with Crippen molar-refractivity contribution >= 4 is 17.6 Å². The monoisotopic (exact) mass is 260 g/mol. The van der Waals surface area contributed by atoms with E-state index in [4.69, 9.17) is 0 Å². The van der Waals surface area contributed by atoms with Crippen molar-refractivity contribution in [2.75, 3.05) is 32.1 Å². The highest BCUT2D eigenvalue weighted by Crippen LogP contribution is 2.26. The van der Waals surface area contributed by atoms with Crippen molar-refractivity contribution < 1.29 is 4.79 Å². The summed E-state index contributed by atoms with van der Waals surface area (Å²) in [6, 6.07) is 8.10. The number of para-hydroxylation sites is 1. The van der Waals surface area contributed by atoms with E-state index in [2.05, 4.69) is 21.7 Å². The molecule has 0 aromatic heterocycles. The van der Waals surface area contributed by atoms with Gasteiger partial charge in [-0.2, -0.15) is 0 Å². The number of carbonyl (C=O) groups is 1. The fourth-order valence-electron chi connectivity index (χ4n) is 2.33. The van der Waals surface area contributed by atoms with E-state index < -0.39 is 0 Å². The molecule has 0 aliphatic carbocycles. The van der Waals surface area contributed by atoms with Crippen LogP contribution >= 0.6 is 0 Å². The maximum absolute atomic E-state index is 12.3. The molecule has 2 rings (SSSR count). The van der Waals surface area contributed by atoms with Gasteiger partial charge in [-0.1, -0.05) is 18.2 Å². The SMILES string of the molecule is CN=C(NC)NCC(=O)N1CCCc2ccccc21. The summed E-state index contributed by atoms with van der Waals surface area (Å²) in [5, 5.41) is 5.89. The molecule has 0 fully saturated rings. The molecule has 0 saturated heterocycles. The van der Waals surface area contributed by atoms with Crippen molar-refractivity contribution in [2.45, 2.75) is 12.8 Å². The zero-order valence-electron chi connectivity index (χ0n) is 11.4. The second kappa shape index (κ2) is 6.22. The van der Waals surface area contributed by atoms with Gasteiger partial charge in [0.1, 0.15) is 0 Å². The van der Waals surface area contributed by atoms with Gasteiger partial charge >= 0.3 is 0 Å². The predicted molar refractivity (Wildman–Crippen MR) is 77.5 cm³/mol. The standard InChI is InChI=1S/C14H20N4O/c1-15-14(16-2)17-10-13(19)18-9-5-7-11-6-3-4-8-12(11)18/h3-4,6,8H,5,7,9-10H2,1-2H3,(H2,15,16,17). The van der Waals surface area contributed by atoms with Gasteiger partial charge in [0.25, 0.3) is 0 Å². The smallest absolute Gasteiger partial charge is 0.246 e. The first-order chi connectivity index (χ1) is 9.26. The number of guanidine groups is 1. The third-order valence-corrected chi connectivity index (χ3v) is 3.28. The Bertz CT molecular complexity index is 484. The Morgan fingerprint density at radius 1 is 1.42 bits per heavy atom. The molecule has 5 heteroatoms. The summed E-state index contributed by atoms with van der Waals surface area (Å²) in [4.78, 5) is 18.1. The molecule has 1 amide bonds. The Morgan fingerprint density at radius 3 is 2.95 bits per heavy atom. The normalized spacial score (nSPS) is 14.8. The number of amides is 1. The molecule has 1 heterocycles. The van der Waals surface area contributed by atoms with Crippen LogP contribution in [-0.2, 0) is 11.2 Å². The molecule has 102 valence electrons. The molecular formula is C14H20N4O. The van der Waals surface area contributed by atoms with Crippen LogP contribution in [0.25, 0.3) is 0 Å². The number of aryl methyl sites for hydroxylation is 1. The minimum absolute atomic E-state index is 0.0727. The van der Waals surface area contributed by atoms with Crippen LogP contribution in [0.4, 0.5) is 5.69 Å². The third kappa shape index (κ3) is 3.05. The first kappa shape index (κ1) is 13.4. The Hall–Kier alpha value is -2.04. The largest absolute Gasteiger partial charge is 0.359 e. The zero-order valence-corrected chi connectivity index (χ0v) is 11.4. The highest BCUT2D eigenvalue weighted by Gasteiger charge is 2.21. The molecule has 1 aliphatic heterocycles. The van der Waals surface area contributed by atoms with E-state index in [-0.39, 0.29) is 12.5 Å². The van der Waals surface area contributed by atoms with Crippen molar-refractivity contribution in [3.8, 4) is 0 Å². The van der Waals surface area contributed by atoms with Crippen LogP contribution in [0.2, 0.25) is 0 Å². The molecular weight excluding hydrogens is 240 g/mol. The minimum Gasteiger partial charge on any atom is -0.359 e. The average molecular weight is 260 g/mol. The first-order valence-corrected chi connectivity index (χ1v) is 6.53. The summed E-state index contributed by atoms with van der Waals surface area (Å²) in [5.41, 5.74) is 2.29. The van der Waals surface area contributed by atoms with Crippen molar-refractivity contribution in [1.29, 1.82) is 0 Å². The number of hydrogen-bond acceptors (Lipinski definition) is 2. The molecule has 5 nitrogen and oxygen atoms in total. The molecule has 2 N–H and O–H groups in total. The lowest BCUT2D eigenvalue weighted by atomic mass is 10.0. The number of aliphatic imine (C=N–C) groups is 1. The summed E-state index contributed by atoms with van der Waals surface area (Å²) in [5.74, 6) is 0.696. The summed E-state index contributed by atoms with van der Waals surface area (Å²) < 4.78 is 0. The van der Waals surface area contributed by atoms with Crippen LogP contribution in [-0.4, -0.2) is 39.1 Å². The Kier molecular flexibility index (Phi) is 4.39. The molecule has 1 aromatic carbocycles. The van der Waals surface area contributed by atoms with Gasteiger partial charge in [-0.25, -0.2) is 0 Å². The van der Waals surface area contributed by atoms with E-state index in [1.54, 1.807) is 14.1 Å². The fraction of sp³-hybridized carbons (Fsp3) is 0.429. The lowest BCUT2D eigenvalue weighted by molar-refractivity contribution is -0.117. The third-order valence-electron chi connectivity index (χ3n) is 3.28. The average Bonchev–Trinajstić information content (AvgIpc) is 2.47. The van der Waals surface area contributed by atoms with E-state index in [9.17, 15) is 4.79 Å². The number of nitrogens with one attached hydrogen (secondary N) is 2. The molecule has 19 heavy (non-hydrogen) atoms. The topological polar surface area (TPSA) is 56.7 Å². The molecule has 0 spiro atoms. The summed E-state index contributed by atoms with van der Waals surface area (Å²) in [7, 11) is 3.45. The number of hydrogen-bond donors (Lipinski definition) is 2. The molecule has 1 aromatic rings. The van der Waals surface area contributed by atoms with E-state index in [0.29, 0.717) is 5.96 Å². The molecule has 0 radical (unpaired) electrons. The van der Waals surface area contributed by atoms with Crippen molar-refractivity contribution in [1.82, 2.24) is 10.6 Å². The quantitative estimate of drug-likeness (QED) is 0.610. The van der Waals surface area contributed by atoms with Crippen LogP contribution in [0.15, 0.2) is 29.3 Å². The number of carbonyl (C=O) groups excluding carboxylic acids is 1. The number of nitrogens with zero attached hydrogens (tertiary/aromatic N) is 2. The van der Waals surface area contributed by atoms with Crippen LogP contribution in [0.1, 0.15) is 12.0 Å². The highest BCUT2D eigenvalue weighted by atomic mass is 16.2. The van der Waals surface area contributed by atoms with Gasteiger partial charge < -0.3 is 15.5 Å². The van der Waals surface area contributed by atoms with Crippen molar-refractivity contribution in [3.63, 3.8) is 0 Å². The summed E-state index contributed by atoms with van der Waals surface area (Å²) in [6.07, 6.45) is 2.06. The lowest BCUT2D eigenvalue weighted by Gasteiger charge is -2.29. The molecule has 0 atom stereocenters. The maximum atomic E-state index is 12.3. The predicted octanol–water partition coefficient (Wildman–Crippen LogP) is 0.761. The molecule has 1 aliphatic rings. The first-order valence-electron chi connectivity index (χ1n) is 6.53. The van der Waals surface area contributed by atoms with Crippen molar-refractivity contribution in [2.24, 2.45) is 4.99 Å². The Morgan fingerprint density at radius 2 is 2.21 bits per heavy atom. The van der Waals surface area contributed by atoms with Crippen molar-refractivity contribution in [3.05, 3.63) is 29.8 Å². The van der Waals surface area contributed by atoms with Crippen LogP contribution in [0.3, 0.4) is 0 Å². The van der Waals surface area contributed by atoms with Crippen LogP contribution in [0, 0.1) is 0 Å².